The molecule has 0 radical (unpaired) electrons. The summed E-state index contributed by atoms with van der Waals surface area (Å²) < 4.78 is 0. The summed E-state index contributed by atoms with van der Waals surface area (Å²) in [6.45, 7) is 6.35. The Bertz CT molecular complexity index is 322. The van der Waals surface area contributed by atoms with Crippen molar-refractivity contribution in [2.45, 2.75) is 45.8 Å². The molecule has 2 nitrogen and oxygen atoms in total. The molecule has 0 bridgehead atoms. The summed E-state index contributed by atoms with van der Waals surface area (Å²) in [6.07, 6.45) is 1.34. The molecule has 0 aliphatic heterocycles. The fourth-order valence-electron chi connectivity index (χ4n) is 1.85. The Morgan fingerprint density at radius 3 is 2.38 bits per heavy atom. The van der Waals surface area contributed by atoms with E-state index in [1.807, 2.05) is 31.2 Å². The van der Waals surface area contributed by atoms with Gasteiger partial charge in [-0.25, -0.2) is 0 Å². The maximum absolute atomic E-state index is 10.0. The van der Waals surface area contributed by atoms with Crippen LogP contribution >= 0.6 is 0 Å². The molecular weight excluding hydrogens is 198 g/mol. The molecule has 1 rings (SSSR count). The van der Waals surface area contributed by atoms with Gasteiger partial charge in [0.2, 0.25) is 0 Å². The van der Waals surface area contributed by atoms with E-state index in [2.05, 4.69) is 13.8 Å². The van der Waals surface area contributed by atoms with Crippen LogP contribution in [-0.2, 0) is 0 Å². The van der Waals surface area contributed by atoms with Crippen molar-refractivity contribution < 1.29 is 5.11 Å². The summed E-state index contributed by atoms with van der Waals surface area (Å²) in [7, 11) is 0. The van der Waals surface area contributed by atoms with Gasteiger partial charge in [-0.05, 0) is 36.8 Å². The second-order valence-electron chi connectivity index (χ2n) is 4.92. The summed E-state index contributed by atoms with van der Waals surface area (Å²) in [4.78, 5) is 0. The van der Waals surface area contributed by atoms with Gasteiger partial charge in [-0.15, -0.1) is 0 Å². The molecule has 0 aliphatic carbocycles. The third-order valence-electron chi connectivity index (χ3n) is 3.00. The van der Waals surface area contributed by atoms with Crippen molar-refractivity contribution in [2.24, 2.45) is 11.7 Å². The normalized spacial score (nSPS) is 15.1. The minimum Gasteiger partial charge on any atom is -0.391 e. The first-order chi connectivity index (χ1) is 7.52. The molecule has 90 valence electrons. The summed E-state index contributed by atoms with van der Waals surface area (Å²) in [5.41, 5.74) is 8.28. The van der Waals surface area contributed by atoms with E-state index in [4.69, 9.17) is 5.73 Å². The molecule has 2 heteroatoms. The number of rotatable bonds is 5. The van der Waals surface area contributed by atoms with Crippen molar-refractivity contribution in [3.63, 3.8) is 0 Å². The van der Waals surface area contributed by atoms with Crippen LogP contribution in [0.1, 0.15) is 43.9 Å². The Labute approximate surface area is 98.5 Å². The van der Waals surface area contributed by atoms with Crippen molar-refractivity contribution in [3.05, 3.63) is 35.4 Å². The minimum atomic E-state index is -0.441. The molecule has 0 fully saturated rings. The van der Waals surface area contributed by atoms with Gasteiger partial charge in [0, 0.05) is 0 Å². The Hall–Kier alpha value is -0.860. The summed E-state index contributed by atoms with van der Waals surface area (Å²) in [6, 6.07) is 7.73. The lowest BCUT2D eigenvalue weighted by atomic mass is 9.93. The zero-order chi connectivity index (χ0) is 12.1. The van der Waals surface area contributed by atoms with Crippen LogP contribution in [0.5, 0.6) is 0 Å². The fraction of sp³-hybridized carbons (Fsp3) is 0.571. The molecule has 0 spiro atoms. The van der Waals surface area contributed by atoms with Crippen LogP contribution < -0.4 is 5.73 Å². The van der Waals surface area contributed by atoms with E-state index in [0.717, 1.165) is 24.0 Å². The molecule has 0 aromatic heterocycles. The number of aryl methyl sites for hydroxylation is 1. The van der Waals surface area contributed by atoms with E-state index >= 15 is 0 Å². The SMILES string of the molecule is Cc1ccccc1[C@H](N)[C@H](O)CCC(C)C. The zero-order valence-corrected chi connectivity index (χ0v) is 10.5. The van der Waals surface area contributed by atoms with E-state index in [0.29, 0.717) is 5.92 Å². The number of aliphatic hydroxyl groups excluding tert-OH is 1. The second-order valence-corrected chi connectivity index (χ2v) is 4.92. The van der Waals surface area contributed by atoms with Gasteiger partial charge < -0.3 is 10.8 Å². The Morgan fingerprint density at radius 1 is 1.19 bits per heavy atom. The van der Waals surface area contributed by atoms with Gasteiger partial charge in [-0.3, -0.25) is 0 Å². The van der Waals surface area contributed by atoms with Gasteiger partial charge in [-0.2, -0.15) is 0 Å². The van der Waals surface area contributed by atoms with E-state index < -0.39 is 6.10 Å². The third-order valence-corrected chi connectivity index (χ3v) is 3.00. The Kier molecular flexibility index (Phi) is 4.97. The summed E-state index contributed by atoms with van der Waals surface area (Å²) in [5.74, 6) is 0.610. The van der Waals surface area contributed by atoms with E-state index in [9.17, 15) is 5.11 Å². The molecule has 0 heterocycles. The first kappa shape index (κ1) is 13.2. The molecule has 16 heavy (non-hydrogen) atoms. The minimum absolute atomic E-state index is 0.264. The lowest BCUT2D eigenvalue weighted by Crippen LogP contribution is -2.27. The number of nitrogens with two attached hydrogens (primary N) is 1. The van der Waals surface area contributed by atoms with Crippen LogP contribution in [0.25, 0.3) is 0 Å². The smallest absolute Gasteiger partial charge is 0.0733 e. The summed E-state index contributed by atoms with van der Waals surface area (Å²) in [5, 5.41) is 10.0. The van der Waals surface area contributed by atoms with Crippen molar-refractivity contribution in [1.29, 1.82) is 0 Å². The highest BCUT2D eigenvalue weighted by Crippen LogP contribution is 2.21. The van der Waals surface area contributed by atoms with Gasteiger partial charge in [0.25, 0.3) is 0 Å². The maximum atomic E-state index is 10.0. The highest BCUT2D eigenvalue weighted by atomic mass is 16.3. The van der Waals surface area contributed by atoms with Crippen LogP contribution in [-0.4, -0.2) is 11.2 Å². The molecule has 3 N–H and O–H groups in total. The lowest BCUT2D eigenvalue weighted by Gasteiger charge is -2.21. The average Bonchev–Trinajstić information content (AvgIpc) is 2.25. The fourth-order valence-corrected chi connectivity index (χ4v) is 1.85. The van der Waals surface area contributed by atoms with Crippen molar-refractivity contribution >= 4 is 0 Å². The largest absolute Gasteiger partial charge is 0.391 e. The van der Waals surface area contributed by atoms with E-state index in [1.165, 1.54) is 0 Å². The van der Waals surface area contributed by atoms with Crippen molar-refractivity contribution in [2.75, 3.05) is 0 Å². The van der Waals surface area contributed by atoms with Gasteiger partial charge in [0.15, 0.2) is 0 Å². The highest BCUT2D eigenvalue weighted by Gasteiger charge is 2.18. The van der Waals surface area contributed by atoms with Gasteiger partial charge >= 0.3 is 0 Å². The van der Waals surface area contributed by atoms with Crippen LogP contribution in [0, 0.1) is 12.8 Å². The lowest BCUT2D eigenvalue weighted by molar-refractivity contribution is 0.128. The van der Waals surface area contributed by atoms with Crippen LogP contribution in [0.4, 0.5) is 0 Å². The van der Waals surface area contributed by atoms with Crippen molar-refractivity contribution in [1.82, 2.24) is 0 Å². The van der Waals surface area contributed by atoms with Crippen molar-refractivity contribution in [3.8, 4) is 0 Å². The molecule has 2 atom stereocenters. The Morgan fingerprint density at radius 2 is 1.81 bits per heavy atom. The number of aliphatic hydroxyl groups is 1. The predicted octanol–water partition coefficient (Wildman–Crippen LogP) is 2.79. The summed E-state index contributed by atoms with van der Waals surface area (Å²) >= 11 is 0. The quantitative estimate of drug-likeness (QED) is 0.803. The number of benzene rings is 1. The first-order valence-electron chi connectivity index (χ1n) is 6.01. The number of hydrogen-bond donors (Lipinski definition) is 2. The van der Waals surface area contributed by atoms with Crippen LogP contribution in [0.15, 0.2) is 24.3 Å². The standard InChI is InChI=1S/C14H23NO/c1-10(2)8-9-13(16)14(15)12-7-5-4-6-11(12)3/h4-7,10,13-14,16H,8-9,15H2,1-3H3/t13-,14+/m1/s1. The second kappa shape index (κ2) is 6.02. The molecule has 0 saturated heterocycles. The third kappa shape index (κ3) is 3.62. The van der Waals surface area contributed by atoms with Gasteiger partial charge in [-0.1, -0.05) is 38.1 Å². The van der Waals surface area contributed by atoms with Crippen LogP contribution in [0.2, 0.25) is 0 Å². The van der Waals surface area contributed by atoms with Gasteiger partial charge in [0.1, 0.15) is 0 Å². The topological polar surface area (TPSA) is 46.2 Å². The molecule has 0 aliphatic rings. The first-order valence-corrected chi connectivity index (χ1v) is 6.01. The number of hydrogen-bond acceptors (Lipinski definition) is 2. The highest BCUT2D eigenvalue weighted by molar-refractivity contribution is 5.29. The average molecular weight is 221 g/mol. The maximum Gasteiger partial charge on any atom is 0.0733 e. The molecule has 0 unspecified atom stereocenters. The molecule has 1 aromatic rings. The predicted molar refractivity (Wildman–Crippen MR) is 68.2 cm³/mol. The monoisotopic (exact) mass is 221 g/mol. The van der Waals surface area contributed by atoms with E-state index in [-0.39, 0.29) is 6.04 Å². The van der Waals surface area contributed by atoms with Gasteiger partial charge in [0.05, 0.1) is 12.1 Å². The molecule has 0 amide bonds. The molecule has 1 aromatic carbocycles. The van der Waals surface area contributed by atoms with E-state index in [1.54, 1.807) is 0 Å². The molecular formula is C14H23NO. The zero-order valence-electron chi connectivity index (χ0n) is 10.5. The van der Waals surface area contributed by atoms with Crippen LogP contribution in [0.3, 0.4) is 0 Å². The molecule has 0 saturated carbocycles. The Balaban J connectivity index is 2.63.